The SMILES string of the molecule is COc1ccc(-n2cc(C(=O)O)nc2C)c(C)c1. The molecule has 2 aromatic rings. The predicted molar refractivity (Wildman–Crippen MR) is 66.5 cm³/mol. The Labute approximate surface area is 105 Å². The van der Waals surface area contributed by atoms with Crippen molar-refractivity contribution in [3.63, 3.8) is 0 Å². The van der Waals surface area contributed by atoms with Gasteiger partial charge in [-0.05, 0) is 37.6 Å². The first-order valence-electron chi connectivity index (χ1n) is 5.47. The van der Waals surface area contributed by atoms with Gasteiger partial charge >= 0.3 is 5.97 Å². The molecule has 1 aromatic carbocycles. The number of rotatable bonds is 3. The summed E-state index contributed by atoms with van der Waals surface area (Å²) in [6, 6.07) is 5.62. The number of hydrogen-bond acceptors (Lipinski definition) is 3. The van der Waals surface area contributed by atoms with Gasteiger partial charge in [-0.15, -0.1) is 0 Å². The molecule has 0 aliphatic carbocycles. The molecule has 0 unspecified atom stereocenters. The molecule has 94 valence electrons. The van der Waals surface area contributed by atoms with Gasteiger partial charge in [0.15, 0.2) is 5.69 Å². The van der Waals surface area contributed by atoms with Crippen LogP contribution in [-0.4, -0.2) is 27.7 Å². The van der Waals surface area contributed by atoms with Gasteiger partial charge in [0.2, 0.25) is 0 Å². The molecule has 0 aliphatic rings. The standard InChI is InChI=1S/C13H14N2O3/c1-8-6-10(18-3)4-5-12(8)15-7-11(13(16)17)14-9(15)2/h4-7H,1-3H3,(H,16,17). The van der Waals surface area contributed by atoms with E-state index < -0.39 is 5.97 Å². The number of aromatic carboxylic acids is 1. The van der Waals surface area contributed by atoms with E-state index in [1.165, 1.54) is 6.20 Å². The molecule has 1 aromatic heterocycles. The van der Waals surface area contributed by atoms with E-state index >= 15 is 0 Å². The van der Waals surface area contributed by atoms with Crippen molar-refractivity contribution in [2.75, 3.05) is 7.11 Å². The van der Waals surface area contributed by atoms with Crippen LogP contribution in [0.5, 0.6) is 5.75 Å². The van der Waals surface area contributed by atoms with Gasteiger partial charge in [-0.2, -0.15) is 0 Å². The lowest BCUT2D eigenvalue weighted by molar-refractivity contribution is 0.0691. The van der Waals surface area contributed by atoms with Crippen LogP contribution < -0.4 is 4.74 Å². The van der Waals surface area contributed by atoms with Gasteiger partial charge in [-0.1, -0.05) is 0 Å². The van der Waals surface area contributed by atoms with E-state index in [1.54, 1.807) is 18.6 Å². The molecule has 0 aliphatic heterocycles. The second kappa shape index (κ2) is 4.52. The normalized spacial score (nSPS) is 10.4. The number of carbonyl (C=O) groups is 1. The zero-order valence-corrected chi connectivity index (χ0v) is 10.5. The highest BCUT2D eigenvalue weighted by Gasteiger charge is 2.12. The Morgan fingerprint density at radius 3 is 2.61 bits per heavy atom. The number of aromatic nitrogens is 2. The fourth-order valence-corrected chi connectivity index (χ4v) is 1.84. The average Bonchev–Trinajstić information content (AvgIpc) is 2.71. The van der Waals surface area contributed by atoms with E-state index in [9.17, 15) is 4.79 Å². The molecule has 0 radical (unpaired) electrons. The molecule has 18 heavy (non-hydrogen) atoms. The lowest BCUT2D eigenvalue weighted by atomic mass is 10.2. The van der Waals surface area contributed by atoms with Crippen LogP contribution in [0.1, 0.15) is 21.9 Å². The minimum Gasteiger partial charge on any atom is -0.497 e. The number of methoxy groups -OCH3 is 1. The first-order chi connectivity index (χ1) is 8.52. The maximum atomic E-state index is 10.9. The third-order valence-electron chi connectivity index (χ3n) is 2.76. The summed E-state index contributed by atoms with van der Waals surface area (Å²) in [5.74, 6) is 0.385. The highest BCUT2D eigenvalue weighted by atomic mass is 16.5. The molecular formula is C13H14N2O3. The first kappa shape index (κ1) is 12.2. The minimum atomic E-state index is -1.02. The number of imidazole rings is 1. The first-order valence-corrected chi connectivity index (χ1v) is 5.47. The molecule has 5 nitrogen and oxygen atoms in total. The molecule has 0 fully saturated rings. The van der Waals surface area contributed by atoms with Crippen molar-refractivity contribution in [3.05, 3.63) is 41.5 Å². The Balaban J connectivity index is 2.51. The topological polar surface area (TPSA) is 64.3 Å². The molecule has 0 bridgehead atoms. The molecule has 0 spiro atoms. The van der Waals surface area contributed by atoms with Gasteiger partial charge in [-0.3, -0.25) is 0 Å². The molecule has 1 heterocycles. The van der Waals surface area contributed by atoms with E-state index in [-0.39, 0.29) is 5.69 Å². The largest absolute Gasteiger partial charge is 0.497 e. The van der Waals surface area contributed by atoms with Crippen LogP contribution in [0.2, 0.25) is 0 Å². The number of hydrogen-bond donors (Lipinski definition) is 1. The van der Waals surface area contributed by atoms with Crippen LogP contribution in [-0.2, 0) is 0 Å². The summed E-state index contributed by atoms with van der Waals surface area (Å²) in [5.41, 5.74) is 1.93. The minimum absolute atomic E-state index is 0.0442. The summed E-state index contributed by atoms with van der Waals surface area (Å²) in [7, 11) is 1.61. The van der Waals surface area contributed by atoms with Crippen molar-refractivity contribution in [1.29, 1.82) is 0 Å². The number of benzene rings is 1. The Morgan fingerprint density at radius 2 is 2.11 bits per heavy atom. The number of nitrogens with zero attached hydrogens (tertiary/aromatic N) is 2. The smallest absolute Gasteiger partial charge is 0.356 e. The van der Waals surface area contributed by atoms with Crippen LogP contribution in [0.3, 0.4) is 0 Å². The van der Waals surface area contributed by atoms with Gasteiger partial charge in [0.05, 0.1) is 7.11 Å². The summed E-state index contributed by atoms with van der Waals surface area (Å²) >= 11 is 0. The molecular weight excluding hydrogens is 232 g/mol. The van der Waals surface area contributed by atoms with Crippen molar-refractivity contribution in [1.82, 2.24) is 9.55 Å². The van der Waals surface area contributed by atoms with E-state index in [0.717, 1.165) is 17.0 Å². The number of aryl methyl sites for hydroxylation is 2. The lowest BCUT2D eigenvalue weighted by Crippen LogP contribution is -1.98. The number of carboxylic acids is 1. The van der Waals surface area contributed by atoms with Gasteiger partial charge in [0.25, 0.3) is 0 Å². The quantitative estimate of drug-likeness (QED) is 0.901. The molecule has 0 saturated carbocycles. The summed E-state index contributed by atoms with van der Waals surface area (Å²) < 4.78 is 6.90. The molecule has 2 rings (SSSR count). The second-order valence-corrected chi connectivity index (χ2v) is 4.00. The van der Waals surface area contributed by atoms with Gasteiger partial charge in [-0.25, -0.2) is 9.78 Å². The highest BCUT2D eigenvalue weighted by Crippen LogP contribution is 2.21. The van der Waals surface area contributed by atoms with E-state index in [4.69, 9.17) is 9.84 Å². The Hall–Kier alpha value is -2.30. The molecule has 0 atom stereocenters. The van der Waals surface area contributed by atoms with Crippen LogP contribution in [0.15, 0.2) is 24.4 Å². The molecule has 1 N–H and O–H groups in total. The second-order valence-electron chi connectivity index (χ2n) is 4.00. The van der Waals surface area contributed by atoms with Crippen LogP contribution in [0.25, 0.3) is 5.69 Å². The van der Waals surface area contributed by atoms with E-state index in [1.807, 2.05) is 25.1 Å². The molecule has 0 amide bonds. The predicted octanol–water partition coefficient (Wildman–Crippen LogP) is 2.20. The van der Waals surface area contributed by atoms with Gasteiger partial charge in [0, 0.05) is 11.9 Å². The maximum absolute atomic E-state index is 10.9. The van der Waals surface area contributed by atoms with Crippen molar-refractivity contribution in [2.45, 2.75) is 13.8 Å². The van der Waals surface area contributed by atoms with Crippen molar-refractivity contribution < 1.29 is 14.6 Å². The van der Waals surface area contributed by atoms with Crippen LogP contribution >= 0.6 is 0 Å². The zero-order valence-electron chi connectivity index (χ0n) is 10.5. The molecule has 5 heteroatoms. The third kappa shape index (κ3) is 2.07. The highest BCUT2D eigenvalue weighted by molar-refractivity contribution is 5.85. The zero-order chi connectivity index (χ0) is 13.3. The summed E-state index contributed by atoms with van der Waals surface area (Å²) in [6.07, 6.45) is 1.52. The Kier molecular flexibility index (Phi) is 3.06. The van der Waals surface area contributed by atoms with Gasteiger partial charge < -0.3 is 14.4 Å². The van der Waals surface area contributed by atoms with E-state index in [2.05, 4.69) is 4.98 Å². The van der Waals surface area contributed by atoms with E-state index in [0.29, 0.717) is 5.82 Å². The fourth-order valence-electron chi connectivity index (χ4n) is 1.84. The van der Waals surface area contributed by atoms with Crippen LogP contribution in [0, 0.1) is 13.8 Å². The van der Waals surface area contributed by atoms with Crippen LogP contribution in [0.4, 0.5) is 0 Å². The van der Waals surface area contributed by atoms with Gasteiger partial charge in [0.1, 0.15) is 11.6 Å². The Bertz CT molecular complexity index is 602. The summed E-state index contributed by atoms with van der Waals surface area (Å²) in [6.45, 7) is 3.72. The van der Waals surface area contributed by atoms with Crippen molar-refractivity contribution >= 4 is 5.97 Å². The maximum Gasteiger partial charge on any atom is 0.356 e. The summed E-state index contributed by atoms with van der Waals surface area (Å²) in [4.78, 5) is 14.9. The average molecular weight is 246 g/mol. The molecule has 0 saturated heterocycles. The Morgan fingerprint density at radius 1 is 1.39 bits per heavy atom. The van der Waals surface area contributed by atoms with Crippen molar-refractivity contribution in [2.24, 2.45) is 0 Å². The van der Waals surface area contributed by atoms with Crippen molar-refractivity contribution in [3.8, 4) is 11.4 Å². The number of carboxylic acid groups (broad SMARTS) is 1. The monoisotopic (exact) mass is 246 g/mol. The summed E-state index contributed by atoms with van der Waals surface area (Å²) in [5, 5.41) is 8.93. The lowest BCUT2D eigenvalue weighted by Gasteiger charge is -2.10. The third-order valence-corrected chi connectivity index (χ3v) is 2.76. The fraction of sp³-hybridized carbons (Fsp3) is 0.231. The number of ether oxygens (including phenoxy) is 1.